The number of hydrogen-bond acceptors (Lipinski definition) is 3. The number of aryl methyl sites for hydroxylation is 1. The van der Waals surface area contributed by atoms with Crippen molar-refractivity contribution >= 4 is 21.6 Å². The molecule has 0 aromatic heterocycles. The van der Waals surface area contributed by atoms with Crippen LogP contribution in [-0.2, 0) is 10.0 Å². The average Bonchev–Trinajstić information content (AvgIpc) is 2.92. The lowest BCUT2D eigenvalue weighted by Gasteiger charge is -2.17. The van der Waals surface area contributed by atoms with Crippen LogP contribution < -0.4 is 10.0 Å². The third-order valence-corrected chi connectivity index (χ3v) is 6.36. The summed E-state index contributed by atoms with van der Waals surface area (Å²) in [6, 6.07) is 13.5. The Labute approximate surface area is 161 Å². The first-order chi connectivity index (χ1) is 13.0. The summed E-state index contributed by atoms with van der Waals surface area (Å²) in [5, 5.41) is 3.12. The minimum atomic E-state index is -3.65. The molecule has 0 unspecified atom stereocenters. The van der Waals surface area contributed by atoms with E-state index in [9.17, 15) is 13.2 Å². The van der Waals surface area contributed by atoms with E-state index in [1.807, 2.05) is 0 Å². The lowest BCUT2D eigenvalue weighted by Crippen LogP contribution is -2.34. The zero-order valence-corrected chi connectivity index (χ0v) is 16.4. The molecular formula is C21H26N2O3S. The predicted molar refractivity (Wildman–Crippen MR) is 107 cm³/mol. The molecule has 0 aliphatic heterocycles. The van der Waals surface area contributed by atoms with Gasteiger partial charge in [0.25, 0.3) is 15.9 Å². The van der Waals surface area contributed by atoms with E-state index >= 15 is 0 Å². The summed E-state index contributed by atoms with van der Waals surface area (Å²) in [6.45, 7) is 1.80. The van der Waals surface area contributed by atoms with Crippen molar-refractivity contribution in [1.82, 2.24) is 5.32 Å². The van der Waals surface area contributed by atoms with Crippen molar-refractivity contribution in [3.8, 4) is 0 Å². The second-order valence-electron chi connectivity index (χ2n) is 7.11. The molecule has 2 aromatic rings. The Morgan fingerprint density at radius 2 is 1.63 bits per heavy atom. The lowest BCUT2D eigenvalue weighted by molar-refractivity contribution is 0.0933. The second kappa shape index (κ2) is 8.57. The van der Waals surface area contributed by atoms with Gasteiger partial charge in [0.05, 0.1) is 10.6 Å². The molecule has 0 bridgehead atoms. The number of hydrogen-bond donors (Lipinski definition) is 2. The first kappa shape index (κ1) is 19.4. The molecule has 1 aliphatic carbocycles. The summed E-state index contributed by atoms with van der Waals surface area (Å²) in [7, 11) is -3.65. The van der Waals surface area contributed by atoms with Gasteiger partial charge < -0.3 is 5.32 Å². The Balaban J connectivity index is 1.71. The van der Waals surface area contributed by atoms with E-state index in [2.05, 4.69) is 10.0 Å². The van der Waals surface area contributed by atoms with Gasteiger partial charge in [-0.15, -0.1) is 0 Å². The largest absolute Gasteiger partial charge is 0.349 e. The van der Waals surface area contributed by atoms with E-state index in [0.29, 0.717) is 16.8 Å². The molecule has 1 aliphatic rings. The summed E-state index contributed by atoms with van der Waals surface area (Å²) < 4.78 is 27.6. The van der Waals surface area contributed by atoms with Crippen molar-refractivity contribution in [1.29, 1.82) is 0 Å². The average molecular weight is 387 g/mol. The Bertz CT molecular complexity index is 887. The van der Waals surface area contributed by atoms with E-state index in [0.717, 1.165) is 25.7 Å². The Morgan fingerprint density at radius 1 is 0.963 bits per heavy atom. The molecule has 1 amide bonds. The first-order valence-corrected chi connectivity index (χ1v) is 10.9. The molecule has 1 saturated carbocycles. The monoisotopic (exact) mass is 386 g/mol. The quantitative estimate of drug-likeness (QED) is 0.755. The van der Waals surface area contributed by atoms with Crippen LogP contribution in [0.5, 0.6) is 0 Å². The molecule has 144 valence electrons. The molecule has 0 atom stereocenters. The van der Waals surface area contributed by atoms with Crippen LogP contribution in [0.3, 0.4) is 0 Å². The van der Waals surface area contributed by atoms with Crippen molar-refractivity contribution < 1.29 is 13.2 Å². The van der Waals surface area contributed by atoms with Gasteiger partial charge in [0.15, 0.2) is 0 Å². The second-order valence-corrected chi connectivity index (χ2v) is 8.79. The summed E-state index contributed by atoms with van der Waals surface area (Å²) in [6.07, 6.45) is 6.84. The highest BCUT2D eigenvalue weighted by atomic mass is 32.2. The molecule has 1 fully saturated rings. The van der Waals surface area contributed by atoms with Crippen molar-refractivity contribution in [2.75, 3.05) is 4.72 Å². The fourth-order valence-corrected chi connectivity index (χ4v) is 4.57. The molecule has 2 N–H and O–H groups in total. The smallest absolute Gasteiger partial charge is 0.261 e. The summed E-state index contributed by atoms with van der Waals surface area (Å²) in [5.41, 5.74) is 1.74. The van der Waals surface area contributed by atoms with Crippen LogP contribution >= 0.6 is 0 Å². The number of carbonyl (C=O) groups excluding carboxylic acids is 1. The molecule has 0 radical (unpaired) electrons. The minimum absolute atomic E-state index is 0.0949. The molecule has 0 spiro atoms. The number of anilines is 1. The van der Waals surface area contributed by atoms with Crippen LogP contribution in [0.2, 0.25) is 0 Å². The fourth-order valence-electron chi connectivity index (χ4n) is 3.42. The van der Waals surface area contributed by atoms with E-state index in [1.165, 1.54) is 12.8 Å². The van der Waals surface area contributed by atoms with Gasteiger partial charge in [-0.2, -0.15) is 0 Å². The maximum absolute atomic E-state index is 12.5. The number of sulfonamides is 1. The van der Waals surface area contributed by atoms with Gasteiger partial charge in [0, 0.05) is 11.6 Å². The van der Waals surface area contributed by atoms with Crippen molar-refractivity contribution in [2.24, 2.45) is 0 Å². The zero-order chi connectivity index (χ0) is 19.3. The van der Waals surface area contributed by atoms with E-state index in [-0.39, 0.29) is 16.8 Å². The SMILES string of the molecule is Cc1cc(C(=O)NC2CCCCCC2)ccc1NS(=O)(=O)c1ccccc1. The van der Waals surface area contributed by atoms with Gasteiger partial charge in [-0.1, -0.05) is 43.9 Å². The molecule has 0 heterocycles. The van der Waals surface area contributed by atoms with Gasteiger partial charge in [-0.05, 0) is 55.7 Å². The van der Waals surface area contributed by atoms with Crippen molar-refractivity contribution in [2.45, 2.75) is 56.4 Å². The van der Waals surface area contributed by atoms with Crippen LogP contribution in [0, 0.1) is 6.92 Å². The third-order valence-electron chi connectivity index (χ3n) is 4.98. The van der Waals surface area contributed by atoms with Gasteiger partial charge >= 0.3 is 0 Å². The van der Waals surface area contributed by atoms with Crippen LogP contribution in [0.4, 0.5) is 5.69 Å². The van der Waals surface area contributed by atoms with Crippen LogP contribution in [0.15, 0.2) is 53.4 Å². The van der Waals surface area contributed by atoms with Crippen molar-refractivity contribution in [3.05, 3.63) is 59.7 Å². The van der Waals surface area contributed by atoms with Crippen molar-refractivity contribution in [3.63, 3.8) is 0 Å². The summed E-state index contributed by atoms with van der Waals surface area (Å²) in [4.78, 5) is 12.8. The highest BCUT2D eigenvalue weighted by Gasteiger charge is 2.18. The van der Waals surface area contributed by atoms with Gasteiger partial charge in [-0.25, -0.2) is 8.42 Å². The van der Waals surface area contributed by atoms with Crippen LogP contribution in [-0.4, -0.2) is 20.4 Å². The van der Waals surface area contributed by atoms with Crippen LogP contribution in [0.1, 0.15) is 54.4 Å². The molecule has 6 heteroatoms. The molecular weight excluding hydrogens is 360 g/mol. The minimum Gasteiger partial charge on any atom is -0.349 e. The van der Waals surface area contributed by atoms with Gasteiger partial charge in [0.2, 0.25) is 0 Å². The van der Waals surface area contributed by atoms with Crippen LogP contribution in [0.25, 0.3) is 0 Å². The highest BCUT2D eigenvalue weighted by molar-refractivity contribution is 7.92. The number of benzene rings is 2. The zero-order valence-electron chi connectivity index (χ0n) is 15.6. The third kappa shape index (κ3) is 5.10. The number of nitrogens with one attached hydrogen (secondary N) is 2. The Kier molecular flexibility index (Phi) is 6.16. The van der Waals surface area contributed by atoms with Gasteiger partial charge in [-0.3, -0.25) is 9.52 Å². The molecule has 27 heavy (non-hydrogen) atoms. The lowest BCUT2D eigenvalue weighted by atomic mass is 10.1. The fraction of sp³-hybridized carbons (Fsp3) is 0.381. The molecule has 5 nitrogen and oxygen atoms in total. The maximum Gasteiger partial charge on any atom is 0.261 e. The standard InChI is InChI=1S/C21H26N2O3S/c1-16-15-17(21(24)22-18-9-5-2-3-6-10-18)13-14-20(16)23-27(25,26)19-11-7-4-8-12-19/h4,7-8,11-15,18,23H,2-3,5-6,9-10H2,1H3,(H,22,24). The van der Waals surface area contributed by atoms with E-state index < -0.39 is 10.0 Å². The molecule has 3 rings (SSSR count). The Hall–Kier alpha value is -2.34. The summed E-state index contributed by atoms with van der Waals surface area (Å²) in [5.74, 6) is -0.0949. The number of rotatable bonds is 5. The maximum atomic E-state index is 12.5. The first-order valence-electron chi connectivity index (χ1n) is 9.45. The normalized spacial score (nSPS) is 15.7. The number of carbonyl (C=O) groups is 1. The topological polar surface area (TPSA) is 75.3 Å². The van der Waals surface area contributed by atoms with E-state index in [1.54, 1.807) is 55.5 Å². The van der Waals surface area contributed by atoms with Gasteiger partial charge in [0.1, 0.15) is 0 Å². The molecule has 2 aromatic carbocycles. The predicted octanol–water partition coefficient (Wildman–Crippen LogP) is 4.25. The Morgan fingerprint density at radius 3 is 2.26 bits per heavy atom. The van der Waals surface area contributed by atoms with E-state index in [4.69, 9.17) is 0 Å². The highest BCUT2D eigenvalue weighted by Crippen LogP contribution is 2.22. The number of amides is 1. The summed E-state index contributed by atoms with van der Waals surface area (Å²) >= 11 is 0. The molecule has 0 saturated heterocycles.